The molecule has 16 heavy (non-hydrogen) atoms. The molecule has 1 heterocycles. The number of hydrogen-bond donors (Lipinski definition) is 1. The van der Waals surface area contributed by atoms with Gasteiger partial charge in [0, 0.05) is 7.05 Å². The fraction of sp³-hybridized carbons (Fsp3) is 0.333. The van der Waals surface area contributed by atoms with Crippen molar-refractivity contribution in [2.45, 2.75) is 19.0 Å². The van der Waals surface area contributed by atoms with Crippen LogP contribution in [0.25, 0.3) is 0 Å². The molecular formula is C12H14N2O2. The zero-order valence-electron chi connectivity index (χ0n) is 9.31. The molecule has 2 rings (SSSR count). The van der Waals surface area contributed by atoms with Crippen LogP contribution >= 0.6 is 0 Å². The molecule has 1 fully saturated rings. The van der Waals surface area contributed by atoms with Crippen molar-refractivity contribution in [1.82, 2.24) is 10.2 Å². The Labute approximate surface area is 94.2 Å². The second-order valence-electron chi connectivity index (χ2n) is 3.98. The molecule has 0 aliphatic carbocycles. The van der Waals surface area contributed by atoms with E-state index in [4.69, 9.17) is 0 Å². The molecule has 2 amide bonds. The number of rotatable bonds is 1. The number of carbonyl (C=O) groups is 2. The van der Waals surface area contributed by atoms with Crippen LogP contribution in [0, 0.1) is 0 Å². The van der Waals surface area contributed by atoms with Gasteiger partial charge in [-0.3, -0.25) is 9.59 Å². The van der Waals surface area contributed by atoms with E-state index in [0.717, 1.165) is 5.56 Å². The molecule has 1 N–H and O–H groups in total. The predicted octanol–water partition coefficient (Wildman–Crippen LogP) is 0.704. The molecule has 84 valence electrons. The van der Waals surface area contributed by atoms with E-state index in [2.05, 4.69) is 5.32 Å². The predicted molar refractivity (Wildman–Crippen MR) is 59.6 cm³/mol. The summed E-state index contributed by atoms with van der Waals surface area (Å²) in [4.78, 5) is 25.1. The molecule has 1 aromatic carbocycles. The van der Waals surface area contributed by atoms with Crippen LogP contribution in [0.15, 0.2) is 30.3 Å². The Morgan fingerprint density at radius 2 is 1.81 bits per heavy atom. The Kier molecular flexibility index (Phi) is 2.64. The van der Waals surface area contributed by atoms with Crippen LogP contribution < -0.4 is 5.32 Å². The van der Waals surface area contributed by atoms with Gasteiger partial charge in [0.15, 0.2) is 0 Å². The van der Waals surface area contributed by atoms with Crippen LogP contribution in [0.5, 0.6) is 0 Å². The minimum absolute atomic E-state index is 0.0710. The fourth-order valence-electron chi connectivity index (χ4n) is 1.77. The number of hydrogen-bond acceptors (Lipinski definition) is 2. The van der Waals surface area contributed by atoms with E-state index >= 15 is 0 Å². The van der Waals surface area contributed by atoms with Gasteiger partial charge in [-0.25, -0.2) is 0 Å². The number of nitrogens with one attached hydrogen (secondary N) is 1. The average Bonchev–Trinajstić information content (AvgIpc) is 2.32. The van der Waals surface area contributed by atoms with Gasteiger partial charge in [0.05, 0.1) is 0 Å². The number of amides is 2. The summed E-state index contributed by atoms with van der Waals surface area (Å²) in [6, 6.07) is 8.33. The first-order chi connectivity index (χ1) is 7.61. The van der Waals surface area contributed by atoms with Crippen molar-refractivity contribution in [2.24, 2.45) is 0 Å². The monoisotopic (exact) mass is 218 g/mol. The van der Waals surface area contributed by atoms with Gasteiger partial charge in [0.25, 0.3) is 0 Å². The van der Waals surface area contributed by atoms with Gasteiger partial charge in [-0.1, -0.05) is 30.3 Å². The molecule has 0 saturated carbocycles. The van der Waals surface area contributed by atoms with Crippen molar-refractivity contribution in [1.29, 1.82) is 0 Å². The molecule has 0 radical (unpaired) electrons. The molecule has 0 spiro atoms. The van der Waals surface area contributed by atoms with Gasteiger partial charge in [0.2, 0.25) is 11.8 Å². The highest BCUT2D eigenvalue weighted by Crippen LogP contribution is 2.20. The number of benzene rings is 1. The number of carbonyl (C=O) groups excluding carboxylic acids is 2. The first kappa shape index (κ1) is 10.7. The second-order valence-corrected chi connectivity index (χ2v) is 3.98. The third kappa shape index (κ3) is 1.66. The minimum atomic E-state index is -0.546. The lowest BCUT2D eigenvalue weighted by atomic mass is 10.0. The SMILES string of the molecule is CC1C(=O)NC(c2ccccc2)C(=O)N1C. The standard InChI is InChI=1S/C12H14N2O2/c1-8-11(15)13-10(12(16)14(8)2)9-6-4-3-5-7-9/h3-8,10H,1-2H3,(H,13,15). The van der Waals surface area contributed by atoms with Crippen LogP contribution in [0.1, 0.15) is 18.5 Å². The summed E-state index contributed by atoms with van der Waals surface area (Å²) in [5.74, 6) is -0.186. The number of piperazine rings is 1. The van der Waals surface area contributed by atoms with Crippen LogP contribution in [0.2, 0.25) is 0 Å². The molecule has 4 nitrogen and oxygen atoms in total. The van der Waals surface area contributed by atoms with Gasteiger partial charge in [-0.15, -0.1) is 0 Å². The second kappa shape index (κ2) is 3.96. The van der Waals surface area contributed by atoms with Crippen molar-refractivity contribution in [3.63, 3.8) is 0 Å². The largest absolute Gasteiger partial charge is 0.339 e. The van der Waals surface area contributed by atoms with E-state index in [1.807, 2.05) is 30.3 Å². The fourth-order valence-corrected chi connectivity index (χ4v) is 1.77. The molecule has 1 saturated heterocycles. The summed E-state index contributed by atoms with van der Waals surface area (Å²) in [6.45, 7) is 1.72. The van der Waals surface area contributed by atoms with Crippen molar-refractivity contribution in [3.8, 4) is 0 Å². The van der Waals surface area contributed by atoms with E-state index in [1.54, 1.807) is 14.0 Å². The summed E-state index contributed by atoms with van der Waals surface area (Å²) in [6.07, 6.45) is 0. The zero-order chi connectivity index (χ0) is 11.7. The normalized spacial score (nSPS) is 25.5. The summed E-state index contributed by atoms with van der Waals surface area (Å²) >= 11 is 0. The minimum Gasteiger partial charge on any atom is -0.339 e. The summed E-state index contributed by atoms with van der Waals surface area (Å²) in [5, 5.41) is 2.73. The quantitative estimate of drug-likeness (QED) is 0.754. The molecule has 0 aromatic heterocycles. The van der Waals surface area contributed by atoms with E-state index in [1.165, 1.54) is 4.90 Å². The van der Waals surface area contributed by atoms with Crippen molar-refractivity contribution in [2.75, 3.05) is 7.05 Å². The Bertz CT molecular complexity index is 416. The van der Waals surface area contributed by atoms with Gasteiger partial charge in [0.1, 0.15) is 12.1 Å². The van der Waals surface area contributed by atoms with E-state index < -0.39 is 12.1 Å². The lowest BCUT2D eigenvalue weighted by molar-refractivity contribution is -0.147. The molecule has 1 aliphatic rings. The highest BCUT2D eigenvalue weighted by molar-refractivity contribution is 5.97. The van der Waals surface area contributed by atoms with Crippen LogP contribution in [-0.4, -0.2) is 29.8 Å². The zero-order valence-corrected chi connectivity index (χ0v) is 9.31. The molecule has 4 heteroatoms. The Hall–Kier alpha value is -1.84. The molecule has 0 bridgehead atoms. The third-order valence-electron chi connectivity index (χ3n) is 2.97. The number of likely N-dealkylation sites (N-methyl/N-ethyl adjacent to an activating group) is 1. The lowest BCUT2D eigenvalue weighted by Gasteiger charge is -2.34. The van der Waals surface area contributed by atoms with Crippen LogP contribution in [0.3, 0.4) is 0 Å². The average molecular weight is 218 g/mol. The van der Waals surface area contributed by atoms with Crippen molar-refractivity contribution in [3.05, 3.63) is 35.9 Å². The molecule has 1 aromatic rings. The highest BCUT2D eigenvalue weighted by atomic mass is 16.2. The summed E-state index contributed by atoms with van der Waals surface area (Å²) in [5.41, 5.74) is 0.819. The maximum Gasteiger partial charge on any atom is 0.250 e. The lowest BCUT2D eigenvalue weighted by Crippen LogP contribution is -2.56. The highest BCUT2D eigenvalue weighted by Gasteiger charge is 2.36. The smallest absolute Gasteiger partial charge is 0.250 e. The maximum atomic E-state index is 12.0. The Morgan fingerprint density at radius 3 is 2.44 bits per heavy atom. The third-order valence-corrected chi connectivity index (χ3v) is 2.97. The van der Waals surface area contributed by atoms with Crippen molar-refractivity contribution < 1.29 is 9.59 Å². The Balaban J connectivity index is 2.30. The summed E-state index contributed by atoms with van der Waals surface area (Å²) in [7, 11) is 1.65. The van der Waals surface area contributed by atoms with Gasteiger partial charge >= 0.3 is 0 Å². The Morgan fingerprint density at radius 1 is 1.19 bits per heavy atom. The molecule has 1 aliphatic heterocycles. The maximum absolute atomic E-state index is 12.0. The van der Waals surface area contributed by atoms with E-state index in [9.17, 15) is 9.59 Å². The van der Waals surface area contributed by atoms with Gasteiger partial charge in [-0.2, -0.15) is 0 Å². The van der Waals surface area contributed by atoms with Crippen LogP contribution in [0.4, 0.5) is 0 Å². The summed E-state index contributed by atoms with van der Waals surface area (Å²) < 4.78 is 0. The molecule has 2 unspecified atom stereocenters. The van der Waals surface area contributed by atoms with Crippen molar-refractivity contribution >= 4 is 11.8 Å². The van der Waals surface area contributed by atoms with E-state index in [-0.39, 0.29) is 11.8 Å². The first-order valence-corrected chi connectivity index (χ1v) is 5.23. The van der Waals surface area contributed by atoms with Crippen LogP contribution in [-0.2, 0) is 9.59 Å². The first-order valence-electron chi connectivity index (χ1n) is 5.23. The topological polar surface area (TPSA) is 49.4 Å². The molecule has 2 atom stereocenters. The molecular weight excluding hydrogens is 204 g/mol. The van der Waals surface area contributed by atoms with Gasteiger partial charge in [-0.05, 0) is 12.5 Å². The van der Waals surface area contributed by atoms with E-state index in [0.29, 0.717) is 0 Å². The number of nitrogens with zero attached hydrogens (tertiary/aromatic N) is 1. The van der Waals surface area contributed by atoms with Gasteiger partial charge < -0.3 is 10.2 Å².